The van der Waals surface area contributed by atoms with Crippen molar-refractivity contribution in [3.05, 3.63) is 23.8 Å². The van der Waals surface area contributed by atoms with Gasteiger partial charge in [0.05, 0.1) is 24.3 Å². The van der Waals surface area contributed by atoms with Crippen molar-refractivity contribution < 1.29 is 20.1 Å². The Hall–Kier alpha value is -1.99. The zero-order chi connectivity index (χ0) is 12.4. The number of rotatable bonds is 4. The van der Waals surface area contributed by atoms with E-state index >= 15 is 0 Å². The molecule has 0 fully saturated rings. The highest BCUT2D eigenvalue weighted by Crippen LogP contribution is 2.17. The molecule has 0 aliphatic rings. The Balaban J connectivity index is 2.51. The predicted octanol–water partition coefficient (Wildman–Crippen LogP) is -0.345. The van der Waals surface area contributed by atoms with Crippen molar-refractivity contribution in [1.82, 2.24) is 15.0 Å². The number of aromatic carboxylic acids is 1. The molecule has 1 aromatic carbocycles. The molecule has 0 amide bonds. The third-order valence-electron chi connectivity index (χ3n) is 2.49. The van der Waals surface area contributed by atoms with Crippen LogP contribution in [-0.4, -0.2) is 49.5 Å². The van der Waals surface area contributed by atoms with Crippen LogP contribution in [0.4, 0.5) is 0 Å². The van der Waals surface area contributed by atoms with E-state index in [1.54, 1.807) is 6.07 Å². The van der Waals surface area contributed by atoms with E-state index < -0.39 is 12.0 Å². The molecule has 0 bridgehead atoms. The largest absolute Gasteiger partial charge is 0.478 e. The lowest BCUT2D eigenvalue weighted by Crippen LogP contribution is -2.18. The van der Waals surface area contributed by atoms with Gasteiger partial charge in [0.2, 0.25) is 0 Å². The van der Waals surface area contributed by atoms with Gasteiger partial charge in [-0.1, -0.05) is 5.21 Å². The summed E-state index contributed by atoms with van der Waals surface area (Å²) in [7, 11) is 0. The number of fused-ring (bicyclic) bond motifs is 1. The summed E-state index contributed by atoms with van der Waals surface area (Å²) < 4.78 is 1.38. The Labute approximate surface area is 95.9 Å². The molecule has 0 atom stereocenters. The molecule has 1 aromatic heterocycles. The van der Waals surface area contributed by atoms with Crippen molar-refractivity contribution in [1.29, 1.82) is 0 Å². The van der Waals surface area contributed by atoms with Gasteiger partial charge in [-0.25, -0.2) is 9.48 Å². The van der Waals surface area contributed by atoms with E-state index in [1.165, 1.54) is 16.8 Å². The fourth-order valence-corrected chi connectivity index (χ4v) is 1.56. The molecule has 90 valence electrons. The summed E-state index contributed by atoms with van der Waals surface area (Å²) in [4.78, 5) is 10.8. The van der Waals surface area contributed by atoms with Crippen molar-refractivity contribution >= 4 is 17.0 Å². The molecule has 0 spiro atoms. The van der Waals surface area contributed by atoms with Gasteiger partial charge in [0.25, 0.3) is 0 Å². The van der Waals surface area contributed by atoms with Crippen LogP contribution in [0.5, 0.6) is 0 Å². The first kappa shape index (κ1) is 11.5. The van der Waals surface area contributed by atoms with Gasteiger partial charge in [-0.2, -0.15) is 0 Å². The molecule has 1 heterocycles. The minimum atomic E-state index is -1.04. The first-order valence-corrected chi connectivity index (χ1v) is 4.97. The van der Waals surface area contributed by atoms with Crippen molar-refractivity contribution in [2.24, 2.45) is 0 Å². The number of aromatic nitrogens is 3. The molecule has 0 aliphatic carbocycles. The highest BCUT2D eigenvalue weighted by Gasteiger charge is 2.15. The van der Waals surface area contributed by atoms with Crippen LogP contribution in [0.1, 0.15) is 16.4 Å². The van der Waals surface area contributed by atoms with Crippen LogP contribution in [0, 0.1) is 0 Å². The average Bonchev–Trinajstić information content (AvgIpc) is 2.74. The minimum Gasteiger partial charge on any atom is -0.478 e. The van der Waals surface area contributed by atoms with Crippen LogP contribution in [0.3, 0.4) is 0 Å². The van der Waals surface area contributed by atoms with Gasteiger partial charge >= 0.3 is 5.97 Å². The summed E-state index contributed by atoms with van der Waals surface area (Å²) >= 11 is 0. The van der Waals surface area contributed by atoms with Crippen LogP contribution in [0.2, 0.25) is 0 Å². The van der Waals surface area contributed by atoms with E-state index in [1.807, 2.05) is 0 Å². The molecule has 7 nitrogen and oxygen atoms in total. The second-order valence-corrected chi connectivity index (χ2v) is 3.56. The summed E-state index contributed by atoms with van der Waals surface area (Å²) in [6.45, 7) is -0.536. The normalized spacial score (nSPS) is 11.2. The van der Waals surface area contributed by atoms with Gasteiger partial charge in [-0.15, -0.1) is 5.10 Å². The Kier molecular flexibility index (Phi) is 3.03. The molecule has 3 N–H and O–H groups in total. The molecular weight excluding hydrogens is 226 g/mol. The van der Waals surface area contributed by atoms with Crippen LogP contribution < -0.4 is 0 Å². The lowest BCUT2D eigenvalue weighted by molar-refractivity contribution is 0.0697. The quantitative estimate of drug-likeness (QED) is 0.671. The molecule has 2 aromatic rings. The van der Waals surface area contributed by atoms with Crippen LogP contribution in [0.25, 0.3) is 11.0 Å². The highest BCUT2D eigenvalue weighted by atomic mass is 16.4. The number of aliphatic hydroxyl groups excluding tert-OH is 2. The van der Waals surface area contributed by atoms with Gasteiger partial charge in [-0.3, -0.25) is 0 Å². The standard InChI is InChI=1S/C10H11N3O4/c14-4-7(5-15)13-9-2-1-6(10(16)17)3-8(9)11-12-13/h1-3,7,14-15H,4-5H2,(H,16,17). The first-order valence-electron chi connectivity index (χ1n) is 4.97. The summed E-state index contributed by atoms with van der Waals surface area (Å²) in [5, 5.41) is 34.5. The molecule has 0 aliphatic heterocycles. The maximum Gasteiger partial charge on any atom is 0.335 e. The molecule has 0 radical (unpaired) electrons. The first-order chi connectivity index (χ1) is 8.17. The number of carbonyl (C=O) groups is 1. The van der Waals surface area contributed by atoms with Crippen LogP contribution >= 0.6 is 0 Å². The van der Waals surface area contributed by atoms with E-state index in [-0.39, 0.29) is 18.8 Å². The average molecular weight is 237 g/mol. The van der Waals surface area contributed by atoms with Crippen molar-refractivity contribution in [2.75, 3.05) is 13.2 Å². The monoisotopic (exact) mass is 237 g/mol. The molecule has 2 rings (SSSR count). The molecule has 7 heteroatoms. The van der Waals surface area contributed by atoms with Crippen LogP contribution in [-0.2, 0) is 0 Å². The van der Waals surface area contributed by atoms with Gasteiger partial charge in [0.1, 0.15) is 11.6 Å². The maximum atomic E-state index is 10.8. The highest BCUT2D eigenvalue weighted by molar-refractivity contribution is 5.92. The van der Waals surface area contributed by atoms with E-state index in [4.69, 9.17) is 15.3 Å². The second kappa shape index (κ2) is 4.48. The number of hydrogen-bond donors (Lipinski definition) is 3. The van der Waals surface area contributed by atoms with E-state index in [0.717, 1.165) is 0 Å². The Morgan fingerprint density at radius 3 is 2.65 bits per heavy atom. The van der Waals surface area contributed by atoms with Gasteiger partial charge in [-0.05, 0) is 18.2 Å². The van der Waals surface area contributed by atoms with Crippen molar-refractivity contribution in [3.63, 3.8) is 0 Å². The lowest BCUT2D eigenvalue weighted by Gasteiger charge is -2.11. The number of hydrogen-bond acceptors (Lipinski definition) is 5. The molecule has 17 heavy (non-hydrogen) atoms. The summed E-state index contributed by atoms with van der Waals surface area (Å²) in [5.74, 6) is -1.04. The van der Waals surface area contributed by atoms with Crippen LogP contribution in [0.15, 0.2) is 18.2 Å². The topological polar surface area (TPSA) is 108 Å². The Morgan fingerprint density at radius 1 is 1.35 bits per heavy atom. The smallest absolute Gasteiger partial charge is 0.335 e. The molecule has 0 saturated carbocycles. The number of nitrogens with zero attached hydrogens (tertiary/aromatic N) is 3. The van der Waals surface area contributed by atoms with Crippen molar-refractivity contribution in [3.8, 4) is 0 Å². The maximum absolute atomic E-state index is 10.8. The third-order valence-corrected chi connectivity index (χ3v) is 2.49. The summed E-state index contributed by atoms with van der Waals surface area (Å²) in [6, 6.07) is 3.80. The second-order valence-electron chi connectivity index (χ2n) is 3.56. The number of carboxylic acids is 1. The molecular formula is C10H11N3O4. The number of benzene rings is 1. The van der Waals surface area contributed by atoms with Crippen molar-refractivity contribution in [2.45, 2.75) is 6.04 Å². The number of carboxylic acid groups (broad SMARTS) is 1. The zero-order valence-corrected chi connectivity index (χ0v) is 8.82. The lowest BCUT2D eigenvalue weighted by atomic mass is 10.2. The molecule has 0 saturated heterocycles. The SMILES string of the molecule is O=C(O)c1ccc2c(c1)nnn2C(CO)CO. The summed E-state index contributed by atoms with van der Waals surface area (Å²) in [6.07, 6.45) is 0. The van der Waals surface area contributed by atoms with E-state index in [2.05, 4.69) is 10.3 Å². The number of aliphatic hydroxyl groups is 2. The fraction of sp³-hybridized carbons (Fsp3) is 0.300. The summed E-state index contributed by atoms with van der Waals surface area (Å²) in [5.41, 5.74) is 1.11. The van der Waals surface area contributed by atoms with E-state index in [0.29, 0.717) is 11.0 Å². The van der Waals surface area contributed by atoms with Gasteiger partial charge < -0.3 is 15.3 Å². The predicted molar refractivity (Wildman–Crippen MR) is 57.7 cm³/mol. The Bertz CT molecular complexity index is 547. The molecule has 0 unspecified atom stereocenters. The zero-order valence-electron chi connectivity index (χ0n) is 8.82. The third kappa shape index (κ3) is 1.97. The van der Waals surface area contributed by atoms with Gasteiger partial charge in [0, 0.05) is 0 Å². The minimum absolute atomic E-state index is 0.120. The van der Waals surface area contributed by atoms with Gasteiger partial charge in [0.15, 0.2) is 0 Å². The fourth-order valence-electron chi connectivity index (χ4n) is 1.56. The van der Waals surface area contributed by atoms with E-state index in [9.17, 15) is 4.79 Å². The Morgan fingerprint density at radius 2 is 2.06 bits per heavy atom.